The van der Waals surface area contributed by atoms with Gasteiger partial charge >= 0.3 is 0 Å². The molecular formula is C27H22ClN3O3S2. The number of pyridine rings is 1. The van der Waals surface area contributed by atoms with Crippen molar-refractivity contribution in [3.8, 4) is 0 Å². The second-order valence-corrected chi connectivity index (χ2v) is 10.1. The van der Waals surface area contributed by atoms with Crippen LogP contribution in [0.4, 0.5) is 11.5 Å². The molecule has 0 saturated carbocycles. The van der Waals surface area contributed by atoms with Gasteiger partial charge in [0.2, 0.25) is 5.91 Å². The smallest absolute Gasteiger partial charge is 0.248 e. The van der Waals surface area contributed by atoms with E-state index in [-0.39, 0.29) is 18.8 Å². The molecule has 1 amide bonds. The lowest BCUT2D eigenvalue weighted by Gasteiger charge is -2.45. The van der Waals surface area contributed by atoms with E-state index in [1.165, 1.54) is 15.6 Å². The first-order valence-corrected chi connectivity index (χ1v) is 12.9. The molecule has 3 heterocycles. The molecule has 0 bridgehead atoms. The fraction of sp³-hybridized carbons (Fsp3) is 0.148. The van der Waals surface area contributed by atoms with Crippen LogP contribution in [0, 0.1) is 0 Å². The molecule has 4 aromatic rings. The summed E-state index contributed by atoms with van der Waals surface area (Å²) in [7, 11) is 0. The van der Waals surface area contributed by atoms with Crippen molar-refractivity contribution in [2.75, 3.05) is 5.32 Å². The minimum atomic E-state index is -1.19. The SMILES string of the molecule is O=C1CC(c2ccsc2)(c2cccc(Nc3cccc(CO)c3)n2)N(S)C(=O)C1c1ccccc1Cl. The van der Waals surface area contributed by atoms with Crippen molar-refractivity contribution in [2.45, 2.75) is 24.5 Å². The molecule has 36 heavy (non-hydrogen) atoms. The number of amides is 1. The van der Waals surface area contributed by atoms with Crippen molar-refractivity contribution in [2.24, 2.45) is 0 Å². The van der Waals surface area contributed by atoms with Gasteiger partial charge in [-0.3, -0.25) is 13.9 Å². The highest BCUT2D eigenvalue weighted by Crippen LogP contribution is 2.48. The first kappa shape index (κ1) is 24.5. The van der Waals surface area contributed by atoms with Gasteiger partial charge in [0.1, 0.15) is 17.3 Å². The fourth-order valence-electron chi connectivity index (χ4n) is 4.59. The van der Waals surface area contributed by atoms with Crippen LogP contribution in [0.5, 0.6) is 0 Å². The molecule has 9 heteroatoms. The Labute approximate surface area is 223 Å². The molecule has 1 saturated heterocycles. The number of aliphatic hydroxyl groups excluding tert-OH is 1. The van der Waals surface area contributed by atoms with E-state index in [9.17, 15) is 14.7 Å². The number of hydrogen-bond donors (Lipinski definition) is 3. The molecule has 0 spiro atoms. The van der Waals surface area contributed by atoms with Crippen LogP contribution in [0.2, 0.25) is 5.02 Å². The number of hydrogen-bond acceptors (Lipinski definition) is 7. The largest absolute Gasteiger partial charge is 0.392 e. The normalized spacial score (nSPS) is 20.0. The predicted molar refractivity (Wildman–Crippen MR) is 145 cm³/mol. The number of thiophene rings is 1. The molecule has 2 unspecified atom stereocenters. The number of aromatic nitrogens is 1. The van der Waals surface area contributed by atoms with Gasteiger partial charge in [0.15, 0.2) is 5.78 Å². The maximum Gasteiger partial charge on any atom is 0.248 e. The van der Waals surface area contributed by atoms with Crippen molar-refractivity contribution in [1.29, 1.82) is 0 Å². The van der Waals surface area contributed by atoms with E-state index in [4.69, 9.17) is 16.6 Å². The lowest BCUT2D eigenvalue weighted by Crippen LogP contribution is -2.54. The Bertz CT molecular complexity index is 1430. The van der Waals surface area contributed by atoms with Gasteiger partial charge in [-0.05, 0) is 63.8 Å². The number of halogens is 1. The maximum atomic E-state index is 13.7. The topological polar surface area (TPSA) is 82.5 Å². The number of rotatable bonds is 6. The average molecular weight is 536 g/mol. The Morgan fingerprint density at radius 1 is 1.11 bits per heavy atom. The van der Waals surface area contributed by atoms with Gasteiger partial charge in [0.05, 0.1) is 12.3 Å². The van der Waals surface area contributed by atoms with Crippen LogP contribution < -0.4 is 5.32 Å². The summed E-state index contributed by atoms with van der Waals surface area (Å²) in [6.07, 6.45) is -0.00862. The summed E-state index contributed by atoms with van der Waals surface area (Å²) in [5.41, 5.74) is 2.07. The van der Waals surface area contributed by atoms with Gasteiger partial charge in [-0.25, -0.2) is 4.98 Å². The molecule has 0 radical (unpaired) electrons. The molecule has 5 rings (SSSR count). The number of nitrogens with zero attached hydrogens (tertiary/aromatic N) is 2. The zero-order valence-corrected chi connectivity index (χ0v) is 21.4. The zero-order chi connectivity index (χ0) is 25.3. The monoisotopic (exact) mass is 535 g/mol. The van der Waals surface area contributed by atoms with E-state index in [0.29, 0.717) is 22.1 Å². The van der Waals surface area contributed by atoms with E-state index in [2.05, 4.69) is 18.1 Å². The Balaban J connectivity index is 1.57. The molecule has 2 aromatic carbocycles. The number of nitrogens with one attached hydrogen (secondary N) is 1. The minimum absolute atomic E-state index is 0.00862. The number of carbonyl (C=O) groups excluding carboxylic acids is 2. The number of carbonyl (C=O) groups is 2. The Kier molecular flexibility index (Phi) is 6.85. The lowest BCUT2D eigenvalue weighted by atomic mass is 9.75. The lowest BCUT2D eigenvalue weighted by molar-refractivity contribution is -0.142. The maximum absolute atomic E-state index is 13.7. The van der Waals surface area contributed by atoms with Crippen molar-refractivity contribution in [3.05, 3.63) is 111 Å². The van der Waals surface area contributed by atoms with Crippen molar-refractivity contribution in [3.63, 3.8) is 0 Å². The summed E-state index contributed by atoms with van der Waals surface area (Å²) >= 11 is 12.5. The van der Waals surface area contributed by atoms with E-state index in [1.54, 1.807) is 36.4 Å². The number of thiol groups is 1. The third kappa shape index (κ3) is 4.30. The molecule has 1 aliphatic rings. The molecule has 1 aliphatic heterocycles. The van der Waals surface area contributed by atoms with Gasteiger partial charge in [0, 0.05) is 17.1 Å². The zero-order valence-electron chi connectivity index (χ0n) is 19.0. The first-order chi connectivity index (χ1) is 17.4. The standard InChI is InChI=1S/C27H22ClN3O3S2/c28-21-8-2-1-7-20(21)25-22(33)14-27(31(35)26(25)34,18-11-12-36-16-18)23-9-4-10-24(30-23)29-19-6-3-5-17(13-19)15-32/h1-13,16,25,32,35H,14-15H2,(H,29,30). The molecule has 1 fully saturated rings. The number of anilines is 2. The van der Waals surface area contributed by atoms with Gasteiger partial charge in [0.25, 0.3) is 0 Å². The van der Waals surface area contributed by atoms with Crippen molar-refractivity contribution < 1.29 is 14.7 Å². The van der Waals surface area contributed by atoms with Gasteiger partial charge < -0.3 is 10.4 Å². The number of benzene rings is 2. The highest BCUT2D eigenvalue weighted by Gasteiger charge is 2.53. The fourth-order valence-corrected chi connectivity index (χ4v) is 5.97. The highest BCUT2D eigenvalue weighted by molar-refractivity contribution is 7.78. The number of aliphatic hydroxyl groups is 1. The Morgan fingerprint density at radius 3 is 2.67 bits per heavy atom. The Hall–Kier alpha value is -3.17. The van der Waals surface area contributed by atoms with Gasteiger partial charge in [-0.2, -0.15) is 11.3 Å². The molecule has 6 nitrogen and oxygen atoms in total. The number of piperidine rings is 1. The molecular weight excluding hydrogens is 514 g/mol. The van der Waals surface area contributed by atoms with Crippen LogP contribution in [-0.4, -0.2) is 26.1 Å². The third-order valence-corrected chi connectivity index (χ3v) is 7.91. The van der Waals surface area contributed by atoms with Crippen molar-refractivity contribution in [1.82, 2.24) is 9.29 Å². The highest BCUT2D eigenvalue weighted by atomic mass is 35.5. The van der Waals surface area contributed by atoms with Crippen LogP contribution in [0.15, 0.2) is 83.6 Å². The summed E-state index contributed by atoms with van der Waals surface area (Å²) in [6, 6.07) is 21.6. The molecule has 2 N–H and O–H groups in total. The quantitative estimate of drug-likeness (QED) is 0.218. The summed E-state index contributed by atoms with van der Waals surface area (Å²) in [4.78, 5) is 32.2. The van der Waals surface area contributed by atoms with Crippen LogP contribution in [0.25, 0.3) is 0 Å². The van der Waals surface area contributed by atoms with E-state index in [1.807, 2.05) is 47.2 Å². The van der Waals surface area contributed by atoms with Crippen LogP contribution in [0.3, 0.4) is 0 Å². The average Bonchev–Trinajstić information content (AvgIpc) is 3.43. The summed E-state index contributed by atoms with van der Waals surface area (Å²) < 4.78 is 1.34. The van der Waals surface area contributed by atoms with Crippen molar-refractivity contribution >= 4 is 58.9 Å². The molecule has 2 aromatic heterocycles. The van der Waals surface area contributed by atoms with Gasteiger partial charge in [-0.1, -0.05) is 60.8 Å². The summed E-state index contributed by atoms with van der Waals surface area (Å²) in [5.74, 6) is -1.21. The molecule has 182 valence electrons. The van der Waals surface area contributed by atoms with Crippen LogP contribution >= 0.6 is 35.8 Å². The van der Waals surface area contributed by atoms with Gasteiger partial charge in [-0.15, -0.1) is 0 Å². The Morgan fingerprint density at radius 2 is 1.92 bits per heavy atom. The predicted octanol–water partition coefficient (Wildman–Crippen LogP) is 5.71. The van der Waals surface area contributed by atoms with E-state index < -0.39 is 17.4 Å². The second kappa shape index (κ2) is 10.1. The van der Waals surface area contributed by atoms with E-state index >= 15 is 0 Å². The second-order valence-electron chi connectivity index (χ2n) is 8.51. The summed E-state index contributed by atoms with van der Waals surface area (Å²) in [5, 5.41) is 16.9. The minimum Gasteiger partial charge on any atom is -0.392 e. The molecule has 2 atom stereocenters. The number of ketones is 1. The molecule has 0 aliphatic carbocycles. The van der Waals surface area contributed by atoms with Crippen LogP contribution in [-0.2, 0) is 21.7 Å². The first-order valence-electron chi connectivity index (χ1n) is 11.2. The van der Waals surface area contributed by atoms with E-state index in [0.717, 1.165) is 16.8 Å². The van der Waals surface area contributed by atoms with Crippen LogP contribution in [0.1, 0.15) is 34.7 Å². The third-order valence-electron chi connectivity index (χ3n) is 6.34. The number of Topliss-reactive ketones (excluding diaryl/α,β-unsaturated/α-hetero) is 1. The summed E-state index contributed by atoms with van der Waals surface area (Å²) in [6.45, 7) is -0.0737.